The maximum Gasteiger partial charge on any atom is 0.264 e. The molecule has 0 bridgehead atoms. The first kappa shape index (κ1) is 31.3. The number of benzene rings is 3. The molecule has 40 heavy (non-hydrogen) atoms. The Morgan fingerprint density at radius 2 is 1.57 bits per heavy atom. The number of ether oxygens (including phenoxy) is 1. The number of nitrogens with one attached hydrogen (secondary N) is 1. The van der Waals surface area contributed by atoms with Crippen LogP contribution in [0.3, 0.4) is 0 Å². The van der Waals surface area contributed by atoms with Crippen molar-refractivity contribution in [3.63, 3.8) is 0 Å². The molecule has 0 aliphatic rings. The number of rotatable bonds is 12. The number of aryl methyl sites for hydroxylation is 1. The van der Waals surface area contributed by atoms with E-state index < -0.39 is 34.4 Å². The highest BCUT2D eigenvalue weighted by atomic mass is 35.5. The van der Waals surface area contributed by atoms with Crippen LogP contribution in [-0.2, 0) is 26.2 Å². The lowest BCUT2D eigenvalue weighted by Crippen LogP contribution is -2.51. The van der Waals surface area contributed by atoms with E-state index in [0.29, 0.717) is 27.9 Å². The molecule has 3 aromatic carbocycles. The van der Waals surface area contributed by atoms with E-state index in [0.717, 1.165) is 9.87 Å². The van der Waals surface area contributed by atoms with Crippen LogP contribution in [-0.4, -0.2) is 50.9 Å². The van der Waals surface area contributed by atoms with Crippen LogP contribution in [0.5, 0.6) is 5.75 Å². The van der Waals surface area contributed by atoms with Gasteiger partial charge in [-0.2, -0.15) is 0 Å². The molecule has 0 spiro atoms. The zero-order valence-electron chi connectivity index (χ0n) is 22.9. The van der Waals surface area contributed by atoms with Crippen LogP contribution < -0.4 is 14.4 Å². The number of nitrogens with zero attached hydrogens (tertiary/aromatic N) is 2. The third-order valence-electron chi connectivity index (χ3n) is 6.23. The SMILES string of the molecule is CCNC(=O)[C@@H](C)N(Cc1c(Cl)cccc1Cl)C(=O)CN(c1ccccc1OCC)S(=O)(=O)c1ccc(C)cc1. The molecule has 214 valence electrons. The second kappa shape index (κ2) is 13.9. The van der Waals surface area contributed by atoms with Crippen LogP contribution in [0.25, 0.3) is 0 Å². The predicted molar refractivity (Wildman–Crippen MR) is 158 cm³/mol. The molecule has 0 unspecified atom stereocenters. The largest absolute Gasteiger partial charge is 0.492 e. The van der Waals surface area contributed by atoms with Crippen LogP contribution in [0.15, 0.2) is 71.6 Å². The van der Waals surface area contributed by atoms with Crippen molar-refractivity contribution < 1.29 is 22.7 Å². The van der Waals surface area contributed by atoms with E-state index in [1.165, 1.54) is 17.0 Å². The summed E-state index contributed by atoms with van der Waals surface area (Å²) in [7, 11) is -4.23. The lowest BCUT2D eigenvalue weighted by molar-refractivity contribution is -0.139. The predicted octanol–water partition coefficient (Wildman–Crippen LogP) is 5.45. The molecule has 11 heteroatoms. The van der Waals surface area contributed by atoms with Crippen molar-refractivity contribution in [3.05, 3.63) is 87.9 Å². The number of sulfonamides is 1. The Bertz CT molecular complexity index is 1430. The number of carbonyl (C=O) groups is 2. The zero-order chi connectivity index (χ0) is 29.4. The first-order valence-electron chi connectivity index (χ1n) is 12.8. The van der Waals surface area contributed by atoms with Crippen LogP contribution >= 0.6 is 23.2 Å². The van der Waals surface area contributed by atoms with Crippen LogP contribution in [0.1, 0.15) is 31.9 Å². The molecule has 0 aromatic heterocycles. The highest BCUT2D eigenvalue weighted by Crippen LogP contribution is 2.33. The first-order chi connectivity index (χ1) is 19.0. The molecule has 0 saturated heterocycles. The minimum Gasteiger partial charge on any atom is -0.492 e. The van der Waals surface area contributed by atoms with E-state index >= 15 is 0 Å². The summed E-state index contributed by atoms with van der Waals surface area (Å²) in [6.45, 7) is 6.89. The van der Waals surface area contributed by atoms with Crippen molar-refractivity contribution in [3.8, 4) is 5.75 Å². The van der Waals surface area contributed by atoms with Gasteiger partial charge in [-0.15, -0.1) is 0 Å². The normalized spacial score (nSPS) is 11.9. The summed E-state index contributed by atoms with van der Waals surface area (Å²) in [5, 5.41) is 3.35. The van der Waals surface area contributed by atoms with Gasteiger partial charge in [0.1, 0.15) is 18.3 Å². The van der Waals surface area contributed by atoms with Gasteiger partial charge in [0.15, 0.2) is 0 Å². The van der Waals surface area contributed by atoms with Crippen LogP contribution in [0.2, 0.25) is 10.0 Å². The van der Waals surface area contributed by atoms with Gasteiger partial charge in [0, 0.05) is 28.7 Å². The van der Waals surface area contributed by atoms with E-state index in [1.807, 2.05) is 6.92 Å². The van der Waals surface area contributed by atoms with E-state index in [-0.39, 0.29) is 23.7 Å². The lowest BCUT2D eigenvalue weighted by atomic mass is 10.1. The van der Waals surface area contributed by atoms with Crippen molar-refractivity contribution in [2.75, 3.05) is 24.0 Å². The summed E-state index contributed by atoms with van der Waals surface area (Å²) in [6.07, 6.45) is 0. The lowest BCUT2D eigenvalue weighted by Gasteiger charge is -2.32. The molecule has 0 heterocycles. The monoisotopic (exact) mass is 605 g/mol. The van der Waals surface area contributed by atoms with Gasteiger partial charge in [0.2, 0.25) is 11.8 Å². The molecule has 1 atom stereocenters. The third kappa shape index (κ3) is 7.27. The molecule has 0 radical (unpaired) electrons. The van der Waals surface area contributed by atoms with Crippen molar-refractivity contribution in [1.29, 1.82) is 0 Å². The summed E-state index contributed by atoms with van der Waals surface area (Å²) in [6, 6.07) is 16.9. The summed E-state index contributed by atoms with van der Waals surface area (Å²) in [4.78, 5) is 28.2. The molecule has 2 amide bonds. The Labute approximate surface area is 245 Å². The second-order valence-electron chi connectivity index (χ2n) is 9.02. The number of para-hydroxylation sites is 2. The van der Waals surface area contributed by atoms with Gasteiger partial charge >= 0.3 is 0 Å². The maximum atomic E-state index is 14.0. The Morgan fingerprint density at radius 3 is 2.17 bits per heavy atom. The van der Waals surface area contributed by atoms with Crippen molar-refractivity contribution in [2.45, 2.75) is 45.2 Å². The smallest absolute Gasteiger partial charge is 0.264 e. The fraction of sp³-hybridized carbons (Fsp3) is 0.310. The van der Waals surface area contributed by atoms with Gasteiger partial charge in [-0.3, -0.25) is 13.9 Å². The standard InChI is InChI=1S/C29H33Cl2N3O5S/c1-5-32-29(36)21(4)33(18-23-24(30)10-9-11-25(23)31)28(35)19-34(26-12-7-8-13-27(26)39-6-2)40(37,38)22-16-14-20(3)15-17-22/h7-17,21H,5-6,18-19H2,1-4H3,(H,32,36)/t21-/m1/s1. The Balaban J connectivity index is 2.12. The Morgan fingerprint density at radius 1 is 0.950 bits per heavy atom. The highest BCUT2D eigenvalue weighted by Gasteiger charge is 2.34. The van der Waals surface area contributed by atoms with Gasteiger partial charge in [0.05, 0.1) is 17.2 Å². The molecule has 8 nitrogen and oxygen atoms in total. The van der Waals surface area contributed by atoms with E-state index in [1.54, 1.807) is 75.4 Å². The van der Waals surface area contributed by atoms with Crippen molar-refractivity contribution in [2.24, 2.45) is 0 Å². The molecule has 0 fully saturated rings. The summed E-state index contributed by atoms with van der Waals surface area (Å²) in [5.41, 5.74) is 1.52. The number of anilines is 1. The number of hydrogen-bond donors (Lipinski definition) is 1. The van der Waals surface area contributed by atoms with Crippen LogP contribution in [0, 0.1) is 6.92 Å². The fourth-order valence-electron chi connectivity index (χ4n) is 4.05. The third-order valence-corrected chi connectivity index (χ3v) is 8.71. The Kier molecular flexibility index (Phi) is 10.8. The van der Waals surface area contributed by atoms with Crippen molar-refractivity contribution >= 4 is 50.7 Å². The number of carbonyl (C=O) groups excluding carboxylic acids is 2. The Hall–Kier alpha value is -3.27. The molecular weight excluding hydrogens is 573 g/mol. The fourth-order valence-corrected chi connectivity index (χ4v) is 5.99. The zero-order valence-corrected chi connectivity index (χ0v) is 25.2. The minimum atomic E-state index is -4.23. The van der Waals surface area contributed by atoms with Gasteiger partial charge in [-0.05, 0) is 64.1 Å². The summed E-state index contributed by atoms with van der Waals surface area (Å²) < 4.78 is 34.8. The first-order valence-corrected chi connectivity index (χ1v) is 15.0. The number of halogens is 2. The number of amides is 2. The highest BCUT2D eigenvalue weighted by molar-refractivity contribution is 7.92. The molecule has 1 N–H and O–H groups in total. The number of hydrogen-bond acceptors (Lipinski definition) is 5. The molecule has 3 aromatic rings. The van der Waals surface area contributed by atoms with Gasteiger partial charge < -0.3 is 15.0 Å². The number of likely N-dealkylation sites (N-methyl/N-ethyl adjacent to an activating group) is 1. The molecule has 0 aliphatic heterocycles. The average Bonchev–Trinajstić information content (AvgIpc) is 2.92. The van der Waals surface area contributed by atoms with Gasteiger partial charge in [-0.1, -0.05) is 59.1 Å². The minimum absolute atomic E-state index is 0.00896. The van der Waals surface area contributed by atoms with E-state index in [2.05, 4.69) is 5.32 Å². The summed E-state index contributed by atoms with van der Waals surface area (Å²) >= 11 is 12.8. The second-order valence-corrected chi connectivity index (χ2v) is 11.7. The summed E-state index contributed by atoms with van der Waals surface area (Å²) in [5.74, 6) is -0.732. The quantitative estimate of drug-likeness (QED) is 0.296. The van der Waals surface area contributed by atoms with E-state index in [4.69, 9.17) is 27.9 Å². The molecule has 0 aliphatic carbocycles. The van der Waals surface area contributed by atoms with Crippen molar-refractivity contribution in [1.82, 2.24) is 10.2 Å². The van der Waals surface area contributed by atoms with E-state index in [9.17, 15) is 18.0 Å². The average molecular weight is 607 g/mol. The van der Waals surface area contributed by atoms with Gasteiger partial charge in [-0.25, -0.2) is 8.42 Å². The molecular formula is C29H33Cl2N3O5S. The molecule has 3 rings (SSSR count). The molecule has 0 saturated carbocycles. The topological polar surface area (TPSA) is 96.0 Å². The maximum absolute atomic E-state index is 14.0. The van der Waals surface area contributed by atoms with Crippen LogP contribution in [0.4, 0.5) is 5.69 Å². The van der Waals surface area contributed by atoms with Gasteiger partial charge in [0.25, 0.3) is 10.0 Å².